The van der Waals surface area contributed by atoms with E-state index < -0.39 is 6.04 Å². The Labute approximate surface area is 91.2 Å². The molecule has 1 unspecified atom stereocenters. The van der Waals surface area contributed by atoms with E-state index in [-0.39, 0.29) is 18.1 Å². The normalized spacial score (nSPS) is 26.8. The topological polar surface area (TPSA) is 43.8 Å². The Hall–Kier alpha value is -0.870. The summed E-state index contributed by atoms with van der Waals surface area (Å²) in [5.41, 5.74) is -0.203. The molecule has 0 aliphatic carbocycles. The highest BCUT2D eigenvalue weighted by Gasteiger charge is 2.42. The fraction of sp³-hybridized carbons (Fsp3) is 0.727. The molecule has 1 atom stereocenters. The van der Waals surface area contributed by atoms with Gasteiger partial charge in [-0.3, -0.25) is 9.69 Å². The molecule has 0 aromatic heterocycles. The fourth-order valence-electron chi connectivity index (χ4n) is 2.16. The average molecular weight is 212 g/mol. The van der Waals surface area contributed by atoms with Gasteiger partial charge in [0.15, 0.2) is 0 Å². The molecule has 86 valence electrons. The van der Waals surface area contributed by atoms with Crippen molar-refractivity contribution in [1.29, 1.82) is 0 Å². The Morgan fingerprint density at radius 2 is 2.27 bits per heavy atom. The minimum Gasteiger partial charge on any atom is -0.394 e. The summed E-state index contributed by atoms with van der Waals surface area (Å²) < 4.78 is 0. The molecule has 0 bridgehead atoms. The number of hydrogen-bond donors (Lipinski definition) is 1. The van der Waals surface area contributed by atoms with Crippen LogP contribution in [0.4, 0.5) is 0 Å². The molecule has 4 nitrogen and oxygen atoms in total. The zero-order valence-corrected chi connectivity index (χ0v) is 9.73. The minimum absolute atomic E-state index is 0.0175. The summed E-state index contributed by atoms with van der Waals surface area (Å²) >= 11 is 0. The standard InChI is InChI=1S/C11H20N2O2/c1-5-6-13-10(15)9(7-14)12(4)8-11(13,2)3/h5,9,14H,1,6-8H2,2-4H3. The van der Waals surface area contributed by atoms with Gasteiger partial charge in [0, 0.05) is 13.1 Å². The summed E-state index contributed by atoms with van der Waals surface area (Å²) in [7, 11) is 1.87. The smallest absolute Gasteiger partial charge is 0.243 e. The Kier molecular flexibility index (Phi) is 3.52. The summed E-state index contributed by atoms with van der Waals surface area (Å²) in [6.45, 7) is 8.88. The number of likely N-dealkylation sites (N-methyl/N-ethyl adjacent to an activating group) is 1. The van der Waals surface area contributed by atoms with Crippen LogP contribution in [0, 0.1) is 0 Å². The van der Waals surface area contributed by atoms with Crippen LogP contribution < -0.4 is 0 Å². The second-order valence-corrected chi connectivity index (χ2v) is 4.66. The first-order valence-electron chi connectivity index (χ1n) is 5.17. The van der Waals surface area contributed by atoms with E-state index in [2.05, 4.69) is 6.58 Å². The lowest BCUT2D eigenvalue weighted by Crippen LogP contribution is -2.66. The Balaban J connectivity index is 2.92. The van der Waals surface area contributed by atoms with Crippen molar-refractivity contribution in [3.63, 3.8) is 0 Å². The summed E-state index contributed by atoms with van der Waals surface area (Å²) in [4.78, 5) is 15.7. The Morgan fingerprint density at radius 1 is 1.67 bits per heavy atom. The van der Waals surface area contributed by atoms with Crippen molar-refractivity contribution >= 4 is 5.91 Å². The van der Waals surface area contributed by atoms with Crippen molar-refractivity contribution in [1.82, 2.24) is 9.80 Å². The molecule has 0 aromatic rings. The second-order valence-electron chi connectivity index (χ2n) is 4.66. The van der Waals surface area contributed by atoms with Gasteiger partial charge in [-0.15, -0.1) is 6.58 Å². The SMILES string of the molecule is C=CCN1C(=O)C(CO)N(C)CC1(C)C. The number of carbonyl (C=O) groups excluding carboxylic acids is 1. The molecule has 1 aliphatic heterocycles. The molecule has 1 rings (SSSR count). The zero-order valence-electron chi connectivity index (χ0n) is 9.73. The summed E-state index contributed by atoms with van der Waals surface area (Å²) in [5, 5.41) is 9.17. The molecule has 1 saturated heterocycles. The van der Waals surface area contributed by atoms with Crippen molar-refractivity contribution in [2.75, 3.05) is 26.7 Å². The molecule has 1 amide bonds. The number of carbonyl (C=O) groups is 1. The van der Waals surface area contributed by atoms with Crippen molar-refractivity contribution in [3.8, 4) is 0 Å². The van der Waals surface area contributed by atoms with E-state index in [4.69, 9.17) is 0 Å². The van der Waals surface area contributed by atoms with Crippen LogP contribution in [0.2, 0.25) is 0 Å². The summed E-state index contributed by atoms with van der Waals surface area (Å²) in [5.74, 6) is -0.0175. The molecule has 0 radical (unpaired) electrons. The van der Waals surface area contributed by atoms with Gasteiger partial charge >= 0.3 is 0 Å². The third-order valence-corrected chi connectivity index (χ3v) is 2.93. The maximum absolute atomic E-state index is 12.0. The van der Waals surface area contributed by atoms with Crippen LogP contribution in [0.25, 0.3) is 0 Å². The number of nitrogens with zero attached hydrogens (tertiary/aromatic N) is 2. The van der Waals surface area contributed by atoms with Gasteiger partial charge in [-0.05, 0) is 20.9 Å². The third kappa shape index (κ3) is 2.21. The van der Waals surface area contributed by atoms with Crippen molar-refractivity contribution in [2.45, 2.75) is 25.4 Å². The first kappa shape index (κ1) is 12.2. The number of hydrogen-bond acceptors (Lipinski definition) is 3. The Morgan fingerprint density at radius 3 is 2.73 bits per heavy atom. The molecule has 0 spiro atoms. The van der Waals surface area contributed by atoms with Gasteiger partial charge in [-0.1, -0.05) is 6.08 Å². The maximum Gasteiger partial charge on any atom is 0.243 e. The molecular weight excluding hydrogens is 192 g/mol. The van der Waals surface area contributed by atoms with Crippen LogP contribution in [0.3, 0.4) is 0 Å². The monoisotopic (exact) mass is 212 g/mol. The lowest BCUT2D eigenvalue weighted by atomic mass is 9.95. The highest BCUT2D eigenvalue weighted by atomic mass is 16.3. The first-order valence-corrected chi connectivity index (χ1v) is 5.17. The van der Waals surface area contributed by atoms with Crippen LogP contribution in [-0.2, 0) is 4.79 Å². The quantitative estimate of drug-likeness (QED) is 0.674. The van der Waals surface area contributed by atoms with E-state index in [1.165, 1.54) is 0 Å². The largest absolute Gasteiger partial charge is 0.394 e. The molecule has 1 N–H and O–H groups in total. The predicted molar refractivity (Wildman–Crippen MR) is 59.5 cm³/mol. The highest BCUT2D eigenvalue weighted by molar-refractivity contribution is 5.83. The van der Waals surface area contributed by atoms with E-state index in [9.17, 15) is 9.90 Å². The molecule has 1 heterocycles. The van der Waals surface area contributed by atoms with E-state index in [1.807, 2.05) is 25.8 Å². The Bertz CT molecular complexity index is 263. The van der Waals surface area contributed by atoms with Gasteiger partial charge in [0.05, 0.1) is 12.1 Å². The van der Waals surface area contributed by atoms with Gasteiger partial charge in [-0.25, -0.2) is 0 Å². The molecule has 0 saturated carbocycles. The van der Waals surface area contributed by atoms with E-state index >= 15 is 0 Å². The minimum atomic E-state index is -0.405. The van der Waals surface area contributed by atoms with Gasteiger partial charge in [-0.2, -0.15) is 0 Å². The van der Waals surface area contributed by atoms with Crippen LogP contribution in [0.5, 0.6) is 0 Å². The van der Waals surface area contributed by atoms with E-state index in [1.54, 1.807) is 11.0 Å². The zero-order chi connectivity index (χ0) is 11.6. The van der Waals surface area contributed by atoms with Gasteiger partial charge in [0.1, 0.15) is 6.04 Å². The van der Waals surface area contributed by atoms with E-state index in [0.29, 0.717) is 6.54 Å². The van der Waals surface area contributed by atoms with Gasteiger partial charge < -0.3 is 10.0 Å². The van der Waals surface area contributed by atoms with Crippen molar-refractivity contribution < 1.29 is 9.90 Å². The molecule has 4 heteroatoms. The lowest BCUT2D eigenvalue weighted by Gasteiger charge is -2.48. The van der Waals surface area contributed by atoms with Crippen LogP contribution in [0.15, 0.2) is 12.7 Å². The highest BCUT2D eigenvalue weighted by Crippen LogP contribution is 2.24. The van der Waals surface area contributed by atoms with Crippen LogP contribution in [0.1, 0.15) is 13.8 Å². The van der Waals surface area contributed by atoms with Gasteiger partial charge in [0.2, 0.25) is 5.91 Å². The lowest BCUT2D eigenvalue weighted by molar-refractivity contribution is -0.151. The molecule has 1 aliphatic rings. The van der Waals surface area contributed by atoms with Crippen LogP contribution >= 0.6 is 0 Å². The summed E-state index contributed by atoms with van der Waals surface area (Å²) in [6, 6.07) is -0.405. The van der Waals surface area contributed by atoms with Gasteiger partial charge in [0.25, 0.3) is 0 Å². The second kappa shape index (κ2) is 4.33. The molecular formula is C11H20N2O2. The first-order chi connectivity index (χ1) is 6.94. The maximum atomic E-state index is 12.0. The number of piperazine rings is 1. The van der Waals surface area contributed by atoms with Crippen molar-refractivity contribution in [2.24, 2.45) is 0 Å². The molecule has 15 heavy (non-hydrogen) atoms. The number of rotatable bonds is 3. The molecule has 1 fully saturated rings. The number of amides is 1. The third-order valence-electron chi connectivity index (χ3n) is 2.93. The van der Waals surface area contributed by atoms with E-state index in [0.717, 1.165) is 6.54 Å². The number of aliphatic hydroxyl groups is 1. The van der Waals surface area contributed by atoms with Crippen LogP contribution in [-0.4, -0.2) is 59.1 Å². The van der Waals surface area contributed by atoms with Crippen molar-refractivity contribution in [3.05, 3.63) is 12.7 Å². The molecule has 0 aromatic carbocycles. The predicted octanol–water partition coefficient (Wildman–Crippen LogP) is 0.0859. The summed E-state index contributed by atoms with van der Waals surface area (Å²) in [6.07, 6.45) is 1.72. The number of aliphatic hydroxyl groups excluding tert-OH is 1. The fourth-order valence-corrected chi connectivity index (χ4v) is 2.16. The average Bonchev–Trinajstić information content (AvgIpc) is 2.12.